The largest absolute Gasteiger partial charge is 0.479 e. The van der Waals surface area contributed by atoms with Gasteiger partial charge in [-0.15, -0.1) is 11.3 Å². The van der Waals surface area contributed by atoms with Gasteiger partial charge in [-0.3, -0.25) is 4.79 Å². The van der Waals surface area contributed by atoms with E-state index in [2.05, 4.69) is 22.8 Å². The number of aliphatic carboxylic acids is 1. The molecule has 8 nitrogen and oxygen atoms in total. The summed E-state index contributed by atoms with van der Waals surface area (Å²) in [4.78, 5) is 37.6. The molecule has 2 aliphatic rings. The molecule has 2 amide bonds. The van der Waals surface area contributed by atoms with E-state index < -0.39 is 36.2 Å². The van der Waals surface area contributed by atoms with Crippen LogP contribution in [0.3, 0.4) is 0 Å². The van der Waals surface area contributed by atoms with Gasteiger partial charge in [-0.25, -0.2) is 9.59 Å². The predicted octanol–water partition coefficient (Wildman–Crippen LogP) is 3.69. The van der Waals surface area contributed by atoms with E-state index in [1.807, 2.05) is 36.4 Å². The van der Waals surface area contributed by atoms with Crippen LogP contribution in [0.2, 0.25) is 0 Å². The number of hydrogen-bond donors (Lipinski definition) is 3. The van der Waals surface area contributed by atoms with Gasteiger partial charge in [0.2, 0.25) is 0 Å². The molecule has 1 aromatic heterocycles. The number of alkyl carbamates (subject to hydrolysis) is 1. The molecule has 2 aromatic carbocycles. The van der Waals surface area contributed by atoms with Gasteiger partial charge in [0.25, 0.3) is 5.91 Å². The first-order valence-electron chi connectivity index (χ1n) is 11.3. The van der Waals surface area contributed by atoms with E-state index in [4.69, 9.17) is 9.47 Å². The zero-order chi connectivity index (χ0) is 24.4. The Labute approximate surface area is 205 Å². The third-order valence-electron chi connectivity index (χ3n) is 6.36. The molecule has 0 saturated carbocycles. The molecule has 35 heavy (non-hydrogen) atoms. The van der Waals surface area contributed by atoms with Gasteiger partial charge in [-0.05, 0) is 40.1 Å². The summed E-state index contributed by atoms with van der Waals surface area (Å²) in [5, 5.41) is 16.5. The number of thiophene rings is 1. The standard InChI is InChI=1S/C26H24N2O6S/c29-24(28-22(25(30)31)21-10-5-13-35-21)23-20(11-12-33-23)27-26(32)34-14-19-17-8-3-1-6-15(17)16-7-2-4-9-18(16)19/h1-10,13,19-20,22-23H,11-12,14H2,(H,27,32)(H,28,29)(H,30,31)/t20-,22?,23+/m0/s1. The third-order valence-corrected chi connectivity index (χ3v) is 7.30. The van der Waals surface area contributed by atoms with Crippen LogP contribution in [-0.4, -0.2) is 48.4 Å². The van der Waals surface area contributed by atoms with E-state index in [0.717, 1.165) is 22.3 Å². The molecule has 2 heterocycles. The number of benzene rings is 2. The summed E-state index contributed by atoms with van der Waals surface area (Å²) in [6.07, 6.45) is -1.23. The summed E-state index contributed by atoms with van der Waals surface area (Å²) >= 11 is 1.24. The molecule has 0 radical (unpaired) electrons. The van der Waals surface area contributed by atoms with Crippen LogP contribution >= 0.6 is 11.3 Å². The highest BCUT2D eigenvalue weighted by atomic mass is 32.1. The maximum atomic E-state index is 12.8. The number of carbonyl (C=O) groups is 3. The van der Waals surface area contributed by atoms with Crippen LogP contribution in [0, 0.1) is 0 Å². The smallest absolute Gasteiger partial charge is 0.407 e. The highest BCUT2D eigenvalue weighted by Gasteiger charge is 2.38. The molecule has 1 unspecified atom stereocenters. The number of ether oxygens (including phenoxy) is 2. The Kier molecular flexibility index (Phi) is 6.52. The summed E-state index contributed by atoms with van der Waals surface area (Å²) < 4.78 is 11.1. The van der Waals surface area contributed by atoms with Crippen molar-refractivity contribution in [2.45, 2.75) is 30.5 Å². The molecular weight excluding hydrogens is 468 g/mol. The Morgan fingerprint density at radius 1 is 1.03 bits per heavy atom. The van der Waals surface area contributed by atoms with E-state index in [1.54, 1.807) is 17.5 Å². The molecule has 3 atom stereocenters. The van der Waals surface area contributed by atoms with Gasteiger partial charge >= 0.3 is 12.1 Å². The minimum atomic E-state index is -1.18. The van der Waals surface area contributed by atoms with Crippen molar-refractivity contribution in [3.05, 3.63) is 82.0 Å². The number of fused-ring (bicyclic) bond motifs is 3. The van der Waals surface area contributed by atoms with Crippen LogP contribution in [0.1, 0.15) is 34.4 Å². The summed E-state index contributed by atoms with van der Waals surface area (Å²) in [5.41, 5.74) is 4.49. The molecule has 1 aliphatic heterocycles. The molecular formula is C26H24N2O6S. The number of hydrogen-bond acceptors (Lipinski definition) is 6. The summed E-state index contributed by atoms with van der Waals surface area (Å²) in [5.74, 6) is -1.83. The predicted molar refractivity (Wildman–Crippen MR) is 129 cm³/mol. The van der Waals surface area contributed by atoms with Crippen LogP contribution in [0.5, 0.6) is 0 Å². The Morgan fingerprint density at radius 2 is 1.71 bits per heavy atom. The number of carboxylic acid groups (broad SMARTS) is 1. The Morgan fingerprint density at radius 3 is 2.34 bits per heavy atom. The summed E-state index contributed by atoms with van der Waals surface area (Å²) in [6.45, 7) is 0.424. The quantitative estimate of drug-likeness (QED) is 0.464. The third kappa shape index (κ3) is 4.65. The van der Waals surface area contributed by atoms with E-state index >= 15 is 0 Å². The molecule has 0 bridgehead atoms. The Bertz CT molecular complexity index is 1200. The van der Waals surface area contributed by atoms with Crippen molar-refractivity contribution < 1.29 is 29.0 Å². The molecule has 1 saturated heterocycles. The zero-order valence-electron chi connectivity index (χ0n) is 18.7. The second-order valence-corrected chi connectivity index (χ2v) is 9.43. The zero-order valence-corrected chi connectivity index (χ0v) is 19.5. The lowest BCUT2D eigenvalue weighted by Gasteiger charge is -2.22. The van der Waals surface area contributed by atoms with Crippen molar-refractivity contribution in [2.24, 2.45) is 0 Å². The van der Waals surface area contributed by atoms with Crippen molar-refractivity contribution in [1.29, 1.82) is 0 Å². The minimum absolute atomic E-state index is 0.0748. The molecule has 9 heteroatoms. The van der Waals surface area contributed by atoms with Crippen LogP contribution < -0.4 is 10.6 Å². The van der Waals surface area contributed by atoms with Gasteiger partial charge in [0.1, 0.15) is 6.61 Å². The van der Waals surface area contributed by atoms with Crippen LogP contribution in [0.15, 0.2) is 66.0 Å². The van der Waals surface area contributed by atoms with E-state index in [0.29, 0.717) is 11.3 Å². The lowest BCUT2D eigenvalue weighted by atomic mass is 9.98. The highest BCUT2D eigenvalue weighted by molar-refractivity contribution is 7.10. The molecule has 1 aliphatic carbocycles. The average Bonchev–Trinajstić information content (AvgIpc) is 3.61. The maximum Gasteiger partial charge on any atom is 0.407 e. The fourth-order valence-corrected chi connectivity index (χ4v) is 5.49. The van der Waals surface area contributed by atoms with Gasteiger partial charge in [0.15, 0.2) is 12.1 Å². The first-order valence-corrected chi connectivity index (χ1v) is 12.2. The number of carbonyl (C=O) groups excluding carboxylic acids is 2. The number of nitrogens with one attached hydrogen (secondary N) is 2. The van der Waals surface area contributed by atoms with Crippen molar-refractivity contribution in [3.8, 4) is 11.1 Å². The molecule has 0 spiro atoms. The second kappa shape index (κ2) is 9.89. The lowest BCUT2D eigenvalue weighted by molar-refractivity contribution is -0.144. The number of carboxylic acids is 1. The molecule has 3 aromatic rings. The SMILES string of the molecule is O=C(N[C@H]1CCO[C@H]1C(=O)NC(C(=O)O)c1cccs1)OCC1c2ccccc2-c2ccccc21. The monoisotopic (exact) mass is 492 g/mol. The Balaban J connectivity index is 1.21. The number of amides is 2. The van der Waals surface area contributed by atoms with Crippen LogP contribution in [0.25, 0.3) is 11.1 Å². The molecule has 5 rings (SSSR count). The van der Waals surface area contributed by atoms with Crippen molar-refractivity contribution in [3.63, 3.8) is 0 Å². The topological polar surface area (TPSA) is 114 Å². The number of rotatable bonds is 7. The molecule has 1 fully saturated rings. The van der Waals surface area contributed by atoms with Gasteiger partial charge in [0.05, 0.1) is 6.04 Å². The molecule has 180 valence electrons. The van der Waals surface area contributed by atoms with Crippen molar-refractivity contribution in [1.82, 2.24) is 10.6 Å². The first kappa shape index (κ1) is 23.1. The van der Waals surface area contributed by atoms with Gasteiger partial charge in [-0.2, -0.15) is 0 Å². The summed E-state index contributed by atoms with van der Waals surface area (Å²) in [6, 6.07) is 17.7. The van der Waals surface area contributed by atoms with Gasteiger partial charge in [-0.1, -0.05) is 54.6 Å². The van der Waals surface area contributed by atoms with Gasteiger partial charge < -0.3 is 25.2 Å². The highest BCUT2D eigenvalue weighted by Crippen LogP contribution is 2.44. The summed E-state index contributed by atoms with van der Waals surface area (Å²) in [7, 11) is 0. The minimum Gasteiger partial charge on any atom is -0.479 e. The first-order chi connectivity index (χ1) is 17.0. The van der Waals surface area contributed by atoms with E-state index in [9.17, 15) is 19.5 Å². The van der Waals surface area contributed by atoms with Crippen molar-refractivity contribution >= 4 is 29.3 Å². The van der Waals surface area contributed by atoms with E-state index in [1.165, 1.54) is 11.3 Å². The van der Waals surface area contributed by atoms with Crippen LogP contribution in [0.4, 0.5) is 4.79 Å². The maximum absolute atomic E-state index is 12.8. The van der Waals surface area contributed by atoms with E-state index in [-0.39, 0.29) is 19.1 Å². The fraction of sp³-hybridized carbons (Fsp3) is 0.269. The molecule has 3 N–H and O–H groups in total. The normalized spacial score (nSPS) is 19.4. The Hall–Kier alpha value is -3.69. The van der Waals surface area contributed by atoms with Gasteiger partial charge in [0, 0.05) is 17.4 Å². The van der Waals surface area contributed by atoms with Crippen LogP contribution in [-0.2, 0) is 19.1 Å². The van der Waals surface area contributed by atoms with Crippen molar-refractivity contribution in [2.75, 3.05) is 13.2 Å². The average molecular weight is 493 g/mol. The second-order valence-electron chi connectivity index (χ2n) is 8.45. The fourth-order valence-electron chi connectivity index (χ4n) is 4.72. The lowest BCUT2D eigenvalue weighted by Crippen LogP contribution is -2.49.